The van der Waals surface area contributed by atoms with E-state index in [2.05, 4.69) is 20.9 Å². The molecule has 0 N–H and O–H groups in total. The average Bonchev–Trinajstić information content (AvgIpc) is 2.38. The highest BCUT2D eigenvalue weighted by atomic mass is 79.9. The van der Waals surface area contributed by atoms with Crippen LogP contribution in [0.2, 0.25) is 0 Å². The second-order valence-electron chi connectivity index (χ2n) is 3.48. The van der Waals surface area contributed by atoms with Crippen molar-refractivity contribution >= 4 is 33.4 Å². The van der Waals surface area contributed by atoms with E-state index in [1.165, 1.54) is 6.07 Å². The molecule has 1 aromatic heterocycles. The van der Waals surface area contributed by atoms with E-state index in [0.717, 1.165) is 10.5 Å². The summed E-state index contributed by atoms with van der Waals surface area (Å²) in [5.41, 5.74) is 1.01. The lowest BCUT2D eigenvalue weighted by Crippen LogP contribution is -1.92. The maximum atomic E-state index is 10.8. The highest BCUT2D eigenvalue weighted by Crippen LogP contribution is 2.32. The number of hydrogen-bond donors (Lipinski definition) is 0. The molecule has 0 atom stereocenters. The number of pyridine rings is 1. The molecular formula is C12H9BrN2O2S. The van der Waals surface area contributed by atoms with E-state index < -0.39 is 0 Å². The Morgan fingerprint density at radius 2 is 2.00 bits per heavy atom. The van der Waals surface area contributed by atoms with Gasteiger partial charge in [-0.05, 0) is 33.6 Å². The van der Waals surface area contributed by atoms with Crippen molar-refractivity contribution in [2.24, 2.45) is 0 Å². The van der Waals surface area contributed by atoms with E-state index in [1.54, 1.807) is 30.2 Å². The summed E-state index contributed by atoms with van der Waals surface area (Å²) in [6, 6.07) is 8.90. The topological polar surface area (TPSA) is 56.0 Å². The van der Waals surface area contributed by atoms with Crippen molar-refractivity contribution in [3.8, 4) is 0 Å². The molecule has 92 valence electrons. The first-order chi connectivity index (χ1) is 8.68. The predicted octanol–water partition coefficient (Wildman–Crippen LogP) is 4.04. The lowest BCUT2D eigenvalue weighted by atomic mass is 10.2. The highest BCUT2D eigenvalue weighted by molar-refractivity contribution is 9.10. The molecule has 0 fully saturated rings. The van der Waals surface area contributed by atoms with Crippen LogP contribution in [-0.2, 0) is 5.75 Å². The zero-order chi connectivity index (χ0) is 13.0. The molecule has 0 aliphatic heterocycles. The third-order valence-electron chi connectivity index (χ3n) is 2.30. The van der Waals surface area contributed by atoms with Gasteiger partial charge in [-0.3, -0.25) is 15.1 Å². The first-order valence-corrected chi connectivity index (χ1v) is 6.91. The van der Waals surface area contributed by atoms with Gasteiger partial charge >= 0.3 is 0 Å². The molecule has 2 rings (SSSR count). The summed E-state index contributed by atoms with van der Waals surface area (Å²) >= 11 is 4.90. The average molecular weight is 325 g/mol. The maximum Gasteiger partial charge on any atom is 0.283 e. The van der Waals surface area contributed by atoms with Gasteiger partial charge in [0.2, 0.25) is 0 Å². The lowest BCUT2D eigenvalue weighted by Gasteiger charge is -2.04. The Hall–Kier alpha value is -1.40. The Morgan fingerprint density at radius 1 is 1.28 bits per heavy atom. The van der Waals surface area contributed by atoms with E-state index in [0.29, 0.717) is 10.2 Å². The van der Waals surface area contributed by atoms with E-state index in [4.69, 9.17) is 0 Å². The van der Waals surface area contributed by atoms with Gasteiger partial charge in [0, 0.05) is 29.1 Å². The first kappa shape index (κ1) is 13.0. The Morgan fingerprint density at radius 3 is 2.67 bits per heavy atom. The van der Waals surface area contributed by atoms with Crippen LogP contribution in [-0.4, -0.2) is 9.91 Å². The number of thioether (sulfide) groups is 1. The zero-order valence-electron chi connectivity index (χ0n) is 9.25. The molecule has 0 radical (unpaired) electrons. The van der Waals surface area contributed by atoms with Crippen molar-refractivity contribution in [3.05, 3.63) is 62.9 Å². The quantitative estimate of drug-likeness (QED) is 0.483. The summed E-state index contributed by atoms with van der Waals surface area (Å²) < 4.78 is 0.552. The van der Waals surface area contributed by atoms with Crippen LogP contribution in [0.3, 0.4) is 0 Å². The molecule has 0 bridgehead atoms. The molecule has 0 unspecified atom stereocenters. The maximum absolute atomic E-state index is 10.8. The highest BCUT2D eigenvalue weighted by Gasteiger charge is 2.14. The molecule has 0 saturated heterocycles. The molecule has 0 aliphatic rings. The fraction of sp³-hybridized carbons (Fsp3) is 0.0833. The van der Waals surface area contributed by atoms with Crippen LogP contribution in [0.25, 0.3) is 0 Å². The summed E-state index contributed by atoms with van der Waals surface area (Å²) in [6.07, 6.45) is 3.45. The van der Waals surface area contributed by atoms with Crippen molar-refractivity contribution in [3.63, 3.8) is 0 Å². The van der Waals surface area contributed by atoms with Gasteiger partial charge in [0.1, 0.15) is 0 Å². The molecular weight excluding hydrogens is 316 g/mol. The summed E-state index contributed by atoms with van der Waals surface area (Å²) in [5.74, 6) is 0.673. The third-order valence-corrected chi connectivity index (χ3v) is 4.28. The van der Waals surface area contributed by atoms with Gasteiger partial charge in [-0.1, -0.05) is 12.1 Å². The molecule has 0 amide bonds. The molecule has 6 heteroatoms. The smallest absolute Gasteiger partial charge is 0.265 e. The SMILES string of the molecule is O=[N+]([O-])c1cccc(CSc2ccncc2)c1Br. The Bertz CT molecular complexity index is 563. The molecule has 18 heavy (non-hydrogen) atoms. The number of rotatable bonds is 4. The van der Waals surface area contributed by atoms with Gasteiger partial charge in [-0.15, -0.1) is 11.8 Å². The second-order valence-corrected chi connectivity index (χ2v) is 5.32. The standard InChI is InChI=1S/C12H9BrN2O2S/c13-12-9(2-1-3-11(12)15(16)17)8-18-10-4-6-14-7-5-10/h1-7H,8H2. The number of nitrogens with zero attached hydrogens (tertiary/aromatic N) is 2. The molecule has 4 nitrogen and oxygen atoms in total. The van der Waals surface area contributed by atoms with Crippen molar-refractivity contribution in [2.45, 2.75) is 10.6 Å². The van der Waals surface area contributed by atoms with Gasteiger partial charge in [-0.2, -0.15) is 0 Å². The predicted molar refractivity (Wildman–Crippen MR) is 74.6 cm³/mol. The summed E-state index contributed by atoms with van der Waals surface area (Å²) in [4.78, 5) is 15.5. The summed E-state index contributed by atoms with van der Waals surface area (Å²) in [7, 11) is 0. The number of halogens is 1. The van der Waals surface area contributed by atoms with E-state index in [1.807, 2.05) is 18.2 Å². The van der Waals surface area contributed by atoms with Crippen molar-refractivity contribution in [1.82, 2.24) is 4.98 Å². The van der Waals surface area contributed by atoms with E-state index in [9.17, 15) is 10.1 Å². The molecule has 1 aromatic carbocycles. The monoisotopic (exact) mass is 324 g/mol. The second kappa shape index (κ2) is 5.97. The summed E-state index contributed by atoms with van der Waals surface area (Å²) in [6.45, 7) is 0. The number of nitro benzene ring substituents is 1. The Labute approximate surface area is 117 Å². The molecule has 2 aromatic rings. The number of benzene rings is 1. The zero-order valence-corrected chi connectivity index (χ0v) is 11.6. The van der Waals surface area contributed by atoms with Crippen LogP contribution >= 0.6 is 27.7 Å². The summed E-state index contributed by atoms with van der Waals surface area (Å²) in [5, 5.41) is 10.8. The Balaban J connectivity index is 2.15. The van der Waals surface area contributed by atoms with Crippen LogP contribution < -0.4 is 0 Å². The number of aromatic nitrogens is 1. The molecule has 0 spiro atoms. The van der Waals surface area contributed by atoms with Gasteiger partial charge in [0.15, 0.2) is 0 Å². The van der Waals surface area contributed by atoms with Crippen LogP contribution in [0.1, 0.15) is 5.56 Å². The molecule has 0 aliphatic carbocycles. The number of hydrogen-bond acceptors (Lipinski definition) is 4. The first-order valence-electron chi connectivity index (χ1n) is 5.13. The molecule has 1 heterocycles. The fourth-order valence-corrected chi connectivity index (χ4v) is 3.03. The van der Waals surface area contributed by atoms with Gasteiger partial charge in [0.05, 0.1) is 9.40 Å². The van der Waals surface area contributed by atoms with Gasteiger partial charge in [0.25, 0.3) is 5.69 Å². The number of nitro groups is 1. The van der Waals surface area contributed by atoms with E-state index in [-0.39, 0.29) is 10.6 Å². The largest absolute Gasteiger partial charge is 0.283 e. The fourth-order valence-electron chi connectivity index (χ4n) is 1.41. The Kier molecular flexibility index (Phi) is 4.33. The minimum Gasteiger partial charge on any atom is -0.265 e. The van der Waals surface area contributed by atoms with Crippen LogP contribution in [0.15, 0.2) is 52.1 Å². The normalized spacial score (nSPS) is 10.3. The van der Waals surface area contributed by atoms with Crippen molar-refractivity contribution in [2.75, 3.05) is 0 Å². The third kappa shape index (κ3) is 3.08. The minimum atomic E-state index is -0.384. The van der Waals surface area contributed by atoms with E-state index >= 15 is 0 Å². The van der Waals surface area contributed by atoms with Gasteiger partial charge < -0.3 is 0 Å². The van der Waals surface area contributed by atoms with Crippen LogP contribution in [0.4, 0.5) is 5.69 Å². The van der Waals surface area contributed by atoms with Crippen molar-refractivity contribution in [1.29, 1.82) is 0 Å². The minimum absolute atomic E-state index is 0.0998. The van der Waals surface area contributed by atoms with Crippen LogP contribution in [0, 0.1) is 10.1 Å². The van der Waals surface area contributed by atoms with Gasteiger partial charge in [-0.25, -0.2) is 0 Å². The van der Waals surface area contributed by atoms with Crippen molar-refractivity contribution < 1.29 is 4.92 Å². The molecule has 0 saturated carbocycles. The van der Waals surface area contributed by atoms with Crippen LogP contribution in [0.5, 0.6) is 0 Å². The lowest BCUT2D eigenvalue weighted by molar-refractivity contribution is -0.385.